The Morgan fingerprint density at radius 1 is 0.458 bits per heavy atom. The molecular formula is C51H103N3O4S. The topological polar surface area (TPSA) is 79.9 Å². The molecule has 0 aromatic rings. The standard InChI is InChI=1S/C50H99N3O4S.CH4/c1-6-10-13-16-21-28-37-46(36-9-4)56-48(54)40-31-24-19-26-33-43-53(45-35-42-52-50(58)51-5)44-34-27-20-25-32-41-49(55)57-47(38-29-22-17-14-11-7-2)39-30-23-18-15-12-8-3;/h46-47H,6-45H2,1-5H3,(H2,51,52,58);1H4. The van der Waals surface area contributed by atoms with Crippen molar-refractivity contribution in [2.24, 2.45) is 0 Å². The first-order chi connectivity index (χ1) is 28.4. The number of carbonyl (C=O) groups excluding carboxylic acids is 2. The smallest absolute Gasteiger partial charge is 0.306 e. The molecule has 0 radical (unpaired) electrons. The highest BCUT2D eigenvalue weighted by Gasteiger charge is 2.15. The van der Waals surface area contributed by atoms with Crippen LogP contribution in [0.15, 0.2) is 0 Å². The van der Waals surface area contributed by atoms with E-state index in [2.05, 4.69) is 43.2 Å². The van der Waals surface area contributed by atoms with Crippen molar-refractivity contribution in [3.63, 3.8) is 0 Å². The van der Waals surface area contributed by atoms with Crippen LogP contribution in [0.3, 0.4) is 0 Å². The third-order valence-corrected chi connectivity index (χ3v) is 12.1. The number of unbranched alkanes of at least 4 members (excludes halogenated alkanes) is 23. The van der Waals surface area contributed by atoms with Crippen LogP contribution in [0.5, 0.6) is 0 Å². The summed E-state index contributed by atoms with van der Waals surface area (Å²) >= 11 is 5.26. The number of ether oxygens (including phenoxy) is 2. The molecular weight excluding hydrogens is 751 g/mol. The quantitative estimate of drug-likeness (QED) is 0.0356. The highest BCUT2D eigenvalue weighted by Crippen LogP contribution is 2.19. The number of carbonyl (C=O) groups is 2. The Hall–Kier alpha value is -1.41. The number of hydrogen-bond donors (Lipinski definition) is 2. The van der Waals surface area contributed by atoms with Gasteiger partial charge in [0.05, 0.1) is 0 Å². The van der Waals surface area contributed by atoms with Gasteiger partial charge in [-0.1, -0.05) is 176 Å². The van der Waals surface area contributed by atoms with Crippen molar-refractivity contribution in [1.29, 1.82) is 0 Å². The molecule has 0 aliphatic carbocycles. The number of rotatable bonds is 45. The van der Waals surface area contributed by atoms with Crippen molar-refractivity contribution in [3.05, 3.63) is 0 Å². The number of thiocarbonyl (C=S) groups is 1. The maximum absolute atomic E-state index is 12.8. The van der Waals surface area contributed by atoms with Crippen LogP contribution in [-0.2, 0) is 19.1 Å². The van der Waals surface area contributed by atoms with Gasteiger partial charge in [-0.3, -0.25) is 9.59 Å². The largest absolute Gasteiger partial charge is 0.462 e. The molecule has 0 aromatic heterocycles. The monoisotopic (exact) mass is 854 g/mol. The second kappa shape index (κ2) is 47.6. The lowest BCUT2D eigenvalue weighted by Crippen LogP contribution is -2.35. The average molecular weight is 854 g/mol. The Morgan fingerprint density at radius 3 is 1.19 bits per heavy atom. The van der Waals surface area contributed by atoms with E-state index in [1.165, 1.54) is 154 Å². The van der Waals surface area contributed by atoms with E-state index in [1.807, 2.05) is 7.05 Å². The fraction of sp³-hybridized carbons (Fsp3) is 0.941. The molecule has 8 heteroatoms. The van der Waals surface area contributed by atoms with Gasteiger partial charge in [-0.2, -0.15) is 0 Å². The van der Waals surface area contributed by atoms with E-state index in [0.717, 1.165) is 90.4 Å². The van der Waals surface area contributed by atoms with Crippen molar-refractivity contribution < 1.29 is 19.1 Å². The van der Waals surface area contributed by atoms with Gasteiger partial charge >= 0.3 is 11.9 Å². The average Bonchev–Trinajstić information content (AvgIpc) is 3.21. The molecule has 0 fully saturated rings. The minimum absolute atomic E-state index is 0. The van der Waals surface area contributed by atoms with Crippen molar-refractivity contribution in [2.45, 2.75) is 278 Å². The fourth-order valence-electron chi connectivity index (χ4n) is 7.99. The predicted molar refractivity (Wildman–Crippen MR) is 261 cm³/mol. The molecule has 0 aromatic carbocycles. The molecule has 0 rings (SSSR count). The normalized spacial score (nSPS) is 11.8. The van der Waals surface area contributed by atoms with Gasteiger partial charge in [0.15, 0.2) is 5.11 Å². The summed E-state index contributed by atoms with van der Waals surface area (Å²) in [6.07, 6.45) is 42.0. The van der Waals surface area contributed by atoms with Crippen LogP contribution in [0, 0.1) is 0 Å². The Bertz CT molecular complexity index is 890. The number of esters is 2. The first kappa shape index (κ1) is 59.7. The van der Waals surface area contributed by atoms with E-state index in [1.54, 1.807) is 0 Å². The fourth-order valence-corrected chi connectivity index (χ4v) is 8.09. The van der Waals surface area contributed by atoms with Crippen LogP contribution in [-0.4, -0.2) is 67.4 Å². The molecule has 2 N–H and O–H groups in total. The number of nitrogens with one attached hydrogen (secondary N) is 2. The van der Waals surface area contributed by atoms with Crippen LogP contribution in [0.4, 0.5) is 0 Å². The molecule has 0 heterocycles. The highest BCUT2D eigenvalue weighted by molar-refractivity contribution is 7.80. The summed E-state index contributed by atoms with van der Waals surface area (Å²) in [6.45, 7) is 13.2. The molecule has 0 aliphatic heterocycles. The van der Waals surface area contributed by atoms with Gasteiger partial charge in [0, 0.05) is 26.4 Å². The third kappa shape index (κ3) is 43.0. The summed E-state index contributed by atoms with van der Waals surface area (Å²) < 4.78 is 12.0. The zero-order valence-electron chi connectivity index (χ0n) is 39.4. The number of hydrogen-bond acceptors (Lipinski definition) is 6. The second-order valence-electron chi connectivity index (χ2n) is 17.4. The first-order valence-corrected chi connectivity index (χ1v) is 25.9. The minimum Gasteiger partial charge on any atom is -0.462 e. The lowest BCUT2D eigenvalue weighted by molar-refractivity contribution is -0.151. The number of nitrogens with zero attached hydrogens (tertiary/aromatic N) is 1. The summed E-state index contributed by atoms with van der Waals surface area (Å²) in [6, 6.07) is 0. The molecule has 0 saturated heterocycles. The van der Waals surface area contributed by atoms with Crippen LogP contribution < -0.4 is 10.6 Å². The molecule has 59 heavy (non-hydrogen) atoms. The molecule has 7 nitrogen and oxygen atoms in total. The zero-order chi connectivity index (χ0) is 42.6. The Balaban J connectivity index is 0. The van der Waals surface area contributed by atoms with Crippen molar-refractivity contribution in [3.8, 4) is 0 Å². The predicted octanol–water partition coefficient (Wildman–Crippen LogP) is 15.0. The van der Waals surface area contributed by atoms with Crippen LogP contribution in [0.2, 0.25) is 0 Å². The summed E-state index contributed by atoms with van der Waals surface area (Å²) in [7, 11) is 1.86. The van der Waals surface area contributed by atoms with Gasteiger partial charge in [-0.15, -0.1) is 0 Å². The van der Waals surface area contributed by atoms with Gasteiger partial charge in [0.2, 0.25) is 0 Å². The van der Waals surface area contributed by atoms with Gasteiger partial charge in [-0.05, 0) is 109 Å². The lowest BCUT2D eigenvalue weighted by Gasteiger charge is -2.22. The highest BCUT2D eigenvalue weighted by atomic mass is 32.1. The maximum atomic E-state index is 12.8. The Labute approximate surface area is 374 Å². The lowest BCUT2D eigenvalue weighted by atomic mass is 10.0. The van der Waals surface area contributed by atoms with E-state index < -0.39 is 0 Å². The molecule has 1 unspecified atom stereocenters. The summed E-state index contributed by atoms with van der Waals surface area (Å²) in [5, 5.41) is 7.01. The second-order valence-corrected chi connectivity index (χ2v) is 17.8. The van der Waals surface area contributed by atoms with E-state index in [0.29, 0.717) is 18.0 Å². The van der Waals surface area contributed by atoms with Crippen molar-refractivity contribution >= 4 is 29.3 Å². The van der Waals surface area contributed by atoms with Crippen molar-refractivity contribution in [1.82, 2.24) is 15.5 Å². The van der Waals surface area contributed by atoms with E-state index >= 15 is 0 Å². The molecule has 1 atom stereocenters. The van der Waals surface area contributed by atoms with Gasteiger partial charge in [0.25, 0.3) is 0 Å². The Morgan fingerprint density at radius 2 is 0.797 bits per heavy atom. The third-order valence-electron chi connectivity index (χ3n) is 11.7. The van der Waals surface area contributed by atoms with Crippen LogP contribution in [0.25, 0.3) is 0 Å². The summed E-state index contributed by atoms with van der Waals surface area (Å²) in [5.74, 6) is 0.0343. The molecule has 0 amide bonds. The zero-order valence-corrected chi connectivity index (χ0v) is 40.2. The van der Waals surface area contributed by atoms with Crippen LogP contribution in [0.1, 0.15) is 266 Å². The Kier molecular flexibility index (Phi) is 48.2. The van der Waals surface area contributed by atoms with Gasteiger partial charge in [0.1, 0.15) is 12.2 Å². The molecule has 352 valence electrons. The minimum atomic E-state index is 0. The van der Waals surface area contributed by atoms with Gasteiger partial charge < -0.3 is 25.0 Å². The summed E-state index contributed by atoms with van der Waals surface area (Å²) in [5.41, 5.74) is 0. The summed E-state index contributed by atoms with van der Waals surface area (Å²) in [4.78, 5) is 28.0. The molecule has 0 saturated carbocycles. The maximum Gasteiger partial charge on any atom is 0.306 e. The van der Waals surface area contributed by atoms with E-state index in [-0.39, 0.29) is 31.6 Å². The molecule has 0 bridgehead atoms. The molecule has 0 aliphatic rings. The van der Waals surface area contributed by atoms with Crippen LogP contribution >= 0.6 is 12.2 Å². The van der Waals surface area contributed by atoms with Gasteiger partial charge in [-0.25, -0.2) is 0 Å². The molecule has 0 spiro atoms. The first-order valence-electron chi connectivity index (χ1n) is 25.5. The van der Waals surface area contributed by atoms with E-state index in [4.69, 9.17) is 21.7 Å². The van der Waals surface area contributed by atoms with Crippen molar-refractivity contribution in [2.75, 3.05) is 33.2 Å². The SMILES string of the molecule is C.CCCCCCCCC(CCC)OC(=O)CCCCCCCN(CCCCCCCC(=O)OC(CCCCCCCC)CCCCCCCC)CCCNC(=S)NC. The van der Waals surface area contributed by atoms with E-state index in [9.17, 15) is 9.59 Å².